The van der Waals surface area contributed by atoms with Crippen molar-refractivity contribution >= 4 is 0 Å². The van der Waals surface area contributed by atoms with Gasteiger partial charge in [0.15, 0.2) is 0 Å². The van der Waals surface area contributed by atoms with E-state index in [4.69, 9.17) is 0 Å². The van der Waals surface area contributed by atoms with Crippen molar-refractivity contribution in [3.63, 3.8) is 0 Å². The highest BCUT2D eigenvalue weighted by Crippen LogP contribution is 2.47. The standard InChI is InChI=1S/C13H18N2/c1-13(6-7-13)12-10(3-2-8-14-12)9-15-11-4-5-11/h2-3,8,11,15H,4-7,9H2,1H3. The molecule has 0 amide bonds. The van der Waals surface area contributed by atoms with E-state index < -0.39 is 0 Å². The van der Waals surface area contributed by atoms with Gasteiger partial charge in [0, 0.05) is 24.2 Å². The summed E-state index contributed by atoms with van der Waals surface area (Å²) in [5.41, 5.74) is 3.13. The molecule has 2 aliphatic carbocycles. The highest BCUT2D eigenvalue weighted by molar-refractivity contribution is 5.31. The first-order chi connectivity index (χ1) is 7.28. The number of nitrogens with one attached hydrogen (secondary N) is 1. The van der Waals surface area contributed by atoms with Crippen molar-refractivity contribution in [1.82, 2.24) is 10.3 Å². The summed E-state index contributed by atoms with van der Waals surface area (Å²) in [6, 6.07) is 5.06. The zero-order valence-corrected chi connectivity index (χ0v) is 9.29. The number of rotatable bonds is 4. The first-order valence-electron chi connectivity index (χ1n) is 5.96. The monoisotopic (exact) mass is 202 g/mol. The molecule has 3 rings (SSSR count). The fourth-order valence-electron chi connectivity index (χ4n) is 2.09. The van der Waals surface area contributed by atoms with Gasteiger partial charge in [-0.05, 0) is 37.3 Å². The van der Waals surface area contributed by atoms with Gasteiger partial charge in [0.05, 0.1) is 5.69 Å². The molecule has 2 fully saturated rings. The number of hydrogen-bond donors (Lipinski definition) is 1. The largest absolute Gasteiger partial charge is 0.310 e. The van der Waals surface area contributed by atoms with Crippen LogP contribution in [-0.2, 0) is 12.0 Å². The Labute approximate surface area is 91.1 Å². The van der Waals surface area contributed by atoms with Crippen LogP contribution >= 0.6 is 0 Å². The molecular weight excluding hydrogens is 184 g/mol. The highest BCUT2D eigenvalue weighted by Gasteiger charge is 2.41. The van der Waals surface area contributed by atoms with Gasteiger partial charge in [0.2, 0.25) is 0 Å². The second-order valence-corrected chi connectivity index (χ2v) is 5.23. The third-order valence-electron chi connectivity index (χ3n) is 3.62. The van der Waals surface area contributed by atoms with Crippen molar-refractivity contribution < 1.29 is 0 Å². The molecule has 1 aromatic rings. The number of aromatic nitrogens is 1. The topological polar surface area (TPSA) is 24.9 Å². The maximum Gasteiger partial charge on any atom is 0.0507 e. The Balaban J connectivity index is 1.78. The van der Waals surface area contributed by atoms with Crippen LogP contribution in [0.15, 0.2) is 18.3 Å². The summed E-state index contributed by atoms with van der Waals surface area (Å²) in [7, 11) is 0. The second kappa shape index (κ2) is 3.31. The lowest BCUT2D eigenvalue weighted by Crippen LogP contribution is -2.19. The smallest absolute Gasteiger partial charge is 0.0507 e. The van der Waals surface area contributed by atoms with Gasteiger partial charge in [-0.25, -0.2) is 0 Å². The normalized spacial score (nSPS) is 22.7. The average molecular weight is 202 g/mol. The Morgan fingerprint density at radius 3 is 2.93 bits per heavy atom. The van der Waals surface area contributed by atoms with Crippen molar-refractivity contribution in [2.75, 3.05) is 0 Å². The molecule has 0 bridgehead atoms. The molecule has 2 aliphatic rings. The van der Waals surface area contributed by atoms with Crippen LogP contribution in [0, 0.1) is 0 Å². The summed E-state index contributed by atoms with van der Waals surface area (Å²) >= 11 is 0. The summed E-state index contributed by atoms with van der Waals surface area (Å²) < 4.78 is 0. The van der Waals surface area contributed by atoms with Crippen LogP contribution in [0.5, 0.6) is 0 Å². The minimum atomic E-state index is 0.391. The molecule has 0 aromatic carbocycles. The maximum atomic E-state index is 4.57. The molecule has 0 radical (unpaired) electrons. The number of nitrogens with zero attached hydrogens (tertiary/aromatic N) is 1. The van der Waals surface area contributed by atoms with Crippen LogP contribution in [0.4, 0.5) is 0 Å². The predicted octanol–water partition coefficient (Wildman–Crippen LogP) is 2.39. The Morgan fingerprint density at radius 2 is 2.27 bits per heavy atom. The van der Waals surface area contributed by atoms with Gasteiger partial charge in [0.25, 0.3) is 0 Å². The summed E-state index contributed by atoms with van der Waals surface area (Å²) in [4.78, 5) is 4.57. The fraction of sp³-hybridized carbons (Fsp3) is 0.615. The Hall–Kier alpha value is -0.890. The van der Waals surface area contributed by atoms with Gasteiger partial charge >= 0.3 is 0 Å². The van der Waals surface area contributed by atoms with Crippen molar-refractivity contribution in [3.05, 3.63) is 29.6 Å². The van der Waals surface area contributed by atoms with Crippen molar-refractivity contribution in [1.29, 1.82) is 0 Å². The third kappa shape index (κ3) is 1.91. The van der Waals surface area contributed by atoms with Crippen molar-refractivity contribution in [2.45, 2.75) is 50.6 Å². The van der Waals surface area contributed by atoms with E-state index in [0.717, 1.165) is 12.6 Å². The van der Waals surface area contributed by atoms with E-state index in [2.05, 4.69) is 29.4 Å². The average Bonchev–Trinajstić information content (AvgIpc) is 3.13. The molecular formula is C13H18N2. The summed E-state index contributed by atoms with van der Waals surface area (Å²) in [6.07, 6.45) is 7.25. The van der Waals surface area contributed by atoms with E-state index in [1.54, 1.807) is 0 Å². The maximum absolute atomic E-state index is 4.57. The molecule has 80 valence electrons. The Kier molecular flexibility index (Phi) is 2.06. The van der Waals surface area contributed by atoms with Gasteiger partial charge in [0.1, 0.15) is 0 Å². The Bertz CT molecular complexity index is 365. The fourth-order valence-corrected chi connectivity index (χ4v) is 2.09. The molecule has 2 nitrogen and oxygen atoms in total. The second-order valence-electron chi connectivity index (χ2n) is 5.23. The molecule has 2 saturated carbocycles. The molecule has 0 aliphatic heterocycles. The molecule has 1 N–H and O–H groups in total. The lowest BCUT2D eigenvalue weighted by molar-refractivity contribution is 0.656. The third-order valence-corrected chi connectivity index (χ3v) is 3.62. The van der Waals surface area contributed by atoms with Gasteiger partial charge in [-0.2, -0.15) is 0 Å². The highest BCUT2D eigenvalue weighted by atomic mass is 14.9. The van der Waals surface area contributed by atoms with Gasteiger partial charge in [-0.1, -0.05) is 13.0 Å². The van der Waals surface area contributed by atoms with Gasteiger partial charge < -0.3 is 5.32 Å². The summed E-state index contributed by atoms with van der Waals surface area (Å²) in [5, 5.41) is 3.57. The van der Waals surface area contributed by atoms with Crippen LogP contribution in [0.2, 0.25) is 0 Å². The van der Waals surface area contributed by atoms with Crippen LogP contribution < -0.4 is 5.32 Å². The molecule has 2 heteroatoms. The summed E-state index contributed by atoms with van der Waals surface area (Å²) in [6.45, 7) is 3.33. The molecule has 1 heterocycles. The Morgan fingerprint density at radius 1 is 1.47 bits per heavy atom. The molecule has 0 atom stereocenters. The van der Waals surface area contributed by atoms with Crippen LogP contribution in [-0.4, -0.2) is 11.0 Å². The zero-order valence-electron chi connectivity index (χ0n) is 9.29. The van der Waals surface area contributed by atoms with Crippen LogP contribution in [0.1, 0.15) is 43.9 Å². The lowest BCUT2D eigenvalue weighted by Gasteiger charge is -2.13. The van der Waals surface area contributed by atoms with Gasteiger partial charge in [-0.3, -0.25) is 4.98 Å². The van der Waals surface area contributed by atoms with Crippen molar-refractivity contribution in [2.24, 2.45) is 0 Å². The van der Waals surface area contributed by atoms with E-state index in [-0.39, 0.29) is 0 Å². The predicted molar refractivity (Wildman–Crippen MR) is 60.7 cm³/mol. The minimum Gasteiger partial charge on any atom is -0.310 e. The molecule has 0 unspecified atom stereocenters. The first-order valence-corrected chi connectivity index (χ1v) is 5.96. The quantitative estimate of drug-likeness (QED) is 0.811. The molecule has 1 aromatic heterocycles. The van der Waals surface area contributed by atoms with Gasteiger partial charge in [-0.15, -0.1) is 0 Å². The lowest BCUT2D eigenvalue weighted by atomic mass is 9.99. The van der Waals surface area contributed by atoms with Crippen molar-refractivity contribution in [3.8, 4) is 0 Å². The number of hydrogen-bond acceptors (Lipinski definition) is 2. The molecule has 0 saturated heterocycles. The van der Waals surface area contributed by atoms with E-state index in [0.29, 0.717) is 5.41 Å². The minimum absolute atomic E-state index is 0.391. The van der Waals surface area contributed by atoms with E-state index in [1.165, 1.54) is 36.9 Å². The van der Waals surface area contributed by atoms with E-state index in [1.807, 2.05) is 6.20 Å². The van der Waals surface area contributed by atoms with Crippen LogP contribution in [0.3, 0.4) is 0 Å². The molecule has 0 spiro atoms. The first kappa shape index (κ1) is 9.34. The van der Waals surface area contributed by atoms with E-state index in [9.17, 15) is 0 Å². The zero-order chi connectivity index (χ0) is 10.3. The number of pyridine rings is 1. The van der Waals surface area contributed by atoms with Crippen LogP contribution in [0.25, 0.3) is 0 Å². The molecule has 15 heavy (non-hydrogen) atoms. The SMILES string of the molecule is CC1(c2ncccc2CNC2CC2)CC1. The van der Waals surface area contributed by atoms with E-state index >= 15 is 0 Å². The summed E-state index contributed by atoms with van der Waals surface area (Å²) in [5.74, 6) is 0.